The van der Waals surface area contributed by atoms with Crippen molar-refractivity contribution in [2.75, 3.05) is 18.2 Å². The molecule has 0 spiro atoms. The number of allylic oxidation sites excluding steroid dienone is 2. The summed E-state index contributed by atoms with van der Waals surface area (Å²) in [4.78, 5) is 12.0. The minimum atomic E-state index is 0.0187. The lowest BCUT2D eigenvalue weighted by atomic mass is 10.2. The van der Waals surface area contributed by atoms with E-state index in [-0.39, 0.29) is 5.91 Å². The molecule has 0 unspecified atom stereocenters. The van der Waals surface area contributed by atoms with Crippen molar-refractivity contribution in [3.8, 4) is 0 Å². The number of rotatable bonds is 3. The van der Waals surface area contributed by atoms with Crippen LogP contribution in [-0.2, 0) is 4.79 Å². The first-order valence-corrected chi connectivity index (χ1v) is 6.35. The Balaban J connectivity index is 2.02. The van der Waals surface area contributed by atoms with Gasteiger partial charge in [0, 0.05) is 12.7 Å². The zero-order chi connectivity index (χ0) is 12.1. The molecular weight excluding hydrogens is 232 g/mol. The molecular formula is C13H14N2OS. The molecule has 1 saturated heterocycles. The lowest BCUT2D eigenvalue weighted by molar-refractivity contribution is -0.116. The van der Waals surface area contributed by atoms with E-state index in [1.54, 1.807) is 0 Å². The van der Waals surface area contributed by atoms with Gasteiger partial charge in [-0.05, 0) is 23.8 Å². The molecule has 0 saturated carbocycles. The van der Waals surface area contributed by atoms with Crippen LogP contribution in [0.4, 0.5) is 5.69 Å². The molecule has 4 heteroatoms. The lowest BCUT2D eigenvalue weighted by Gasteiger charge is -1.98. The third-order valence-corrected chi connectivity index (χ3v) is 3.34. The van der Waals surface area contributed by atoms with Gasteiger partial charge in [-0.3, -0.25) is 4.79 Å². The fourth-order valence-electron chi connectivity index (χ4n) is 1.46. The topological polar surface area (TPSA) is 41.1 Å². The molecule has 0 aliphatic carbocycles. The van der Waals surface area contributed by atoms with Crippen LogP contribution < -0.4 is 10.6 Å². The number of carbonyl (C=O) groups excluding carboxylic acids is 1. The van der Waals surface area contributed by atoms with Gasteiger partial charge in [0.1, 0.15) is 0 Å². The molecule has 1 aliphatic heterocycles. The molecule has 1 aliphatic rings. The molecule has 0 aromatic heterocycles. The fraction of sp³-hybridized carbons (Fsp3) is 0.154. The highest BCUT2D eigenvalue weighted by atomic mass is 32.2. The Hall–Kier alpha value is -1.68. The summed E-state index contributed by atoms with van der Waals surface area (Å²) in [5.74, 6) is 0.695. The standard InChI is InChI=1S/C13H14N2OS/c1-14-11-7-5-10(6-8-11)3-2-4-12-13(16)15-9-17-12/h2-8,14H,9H2,1H3,(H,15,16)/b3-2+,12-4+. The van der Waals surface area contributed by atoms with Crippen molar-refractivity contribution in [3.05, 3.63) is 46.9 Å². The number of benzene rings is 1. The molecule has 0 atom stereocenters. The van der Waals surface area contributed by atoms with Gasteiger partial charge in [-0.2, -0.15) is 0 Å². The first-order valence-electron chi connectivity index (χ1n) is 5.37. The zero-order valence-corrected chi connectivity index (χ0v) is 10.4. The molecule has 1 amide bonds. The minimum absolute atomic E-state index is 0.0187. The molecule has 0 radical (unpaired) electrons. The van der Waals surface area contributed by atoms with E-state index in [9.17, 15) is 4.79 Å². The second kappa shape index (κ2) is 5.59. The fourth-order valence-corrected chi connectivity index (χ4v) is 2.20. The van der Waals surface area contributed by atoms with Gasteiger partial charge in [0.05, 0.1) is 10.8 Å². The van der Waals surface area contributed by atoms with E-state index < -0.39 is 0 Å². The number of amides is 1. The highest BCUT2D eigenvalue weighted by Gasteiger charge is 2.15. The zero-order valence-electron chi connectivity index (χ0n) is 9.57. The highest BCUT2D eigenvalue weighted by molar-refractivity contribution is 8.04. The summed E-state index contributed by atoms with van der Waals surface area (Å²) < 4.78 is 0. The van der Waals surface area contributed by atoms with Crippen LogP contribution >= 0.6 is 11.8 Å². The largest absolute Gasteiger partial charge is 0.388 e. The molecule has 88 valence electrons. The molecule has 1 aromatic rings. The van der Waals surface area contributed by atoms with Crippen molar-refractivity contribution < 1.29 is 4.79 Å². The van der Waals surface area contributed by atoms with Gasteiger partial charge in [0.25, 0.3) is 5.91 Å². The van der Waals surface area contributed by atoms with E-state index in [4.69, 9.17) is 0 Å². The van der Waals surface area contributed by atoms with E-state index in [1.807, 2.05) is 49.5 Å². The van der Waals surface area contributed by atoms with E-state index in [2.05, 4.69) is 10.6 Å². The van der Waals surface area contributed by atoms with Gasteiger partial charge in [0.2, 0.25) is 0 Å². The van der Waals surface area contributed by atoms with Gasteiger partial charge in [-0.15, -0.1) is 0 Å². The second-order valence-electron chi connectivity index (χ2n) is 3.56. The monoisotopic (exact) mass is 246 g/mol. The average molecular weight is 246 g/mol. The summed E-state index contributed by atoms with van der Waals surface area (Å²) in [6.07, 6.45) is 5.74. The molecule has 3 nitrogen and oxygen atoms in total. The Kier molecular flexibility index (Phi) is 3.88. The quantitative estimate of drug-likeness (QED) is 0.805. The van der Waals surface area contributed by atoms with E-state index in [0.29, 0.717) is 5.88 Å². The molecule has 0 bridgehead atoms. The summed E-state index contributed by atoms with van der Waals surface area (Å²) in [5, 5.41) is 5.82. The predicted octanol–water partition coefficient (Wildman–Crippen LogP) is 2.45. The van der Waals surface area contributed by atoms with Crippen molar-refractivity contribution in [1.29, 1.82) is 0 Å². The van der Waals surface area contributed by atoms with Crippen molar-refractivity contribution in [2.45, 2.75) is 0 Å². The van der Waals surface area contributed by atoms with Crippen LogP contribution in [0.25, 0.3) is 6.08 Å². The number of carbonyl (C=O) groups is 1. The van der Waals surface area contributed by atoms with Crippen molar-refractivity contribution in [1.82, 2.24) is 5.32 Å². The van der Waals surface area contributed by atoms with Crippen LogP contribution in [0.3, 0.4) is 0 Å². The van der Waals surface area contributed by atoms with Crippen LogP contribution in [0, 0.1) is 0 Å². The molecule has 1 aromatic carbocycles. The number of hydrogen-bond donors (Lipinski definition) is 2. The SMILES string of the molecule is CNc1ccc(/C=C/C=C2/SCNC2=O)cc1. The Labute approximate surface area is 105 Å². The average Bonchev–Trinajstić information content (AvgIpc) is 2.76. The summed E-state index contributed by atoms with van der Waals surface area (Å²) in [7, 11) is 1.89. The number of anilines is 1. The van der Waals surface area contributed by atoms with E-state index in [1.165, 1.54) is 11.8 Å². The van der Waals surface area contributed by atoms with E-state index in [0.717, 1.165) is 16.2 Å². The molecule has 1 fully saturated rings. The first-order chi connectivity index (χ1) is 8.29. The maximum atomic E-state index is 11.3. The van der Waals surface area contributed by atoms with Crippen molar-refractivity contribution in [2.24, 2.45) is 0 Å². The van der Waals surface area contributed by atoms with Crippen LogP contribution in [-0.4, -0.2) is 18.8 Å². The van der Waals surface area contributed by atoms with Crippen molar-refractivity contribution in [3.63, 3.8) is 0 Å². The van der Waals surface area contributed by atoms with Gasteiger partial charge in [0.15, 0.2) is 0 Å². The third kappa shape index (κ3) is 3.14. The second-order valence-corrected chi connectivity index (χ2v) is 4.57. The maximum absolute atomic E-state index is 11.3. The minimum Gasteiger partial charge on any atom is -0.388 e. The van der Waals surface area contributed by atoms with Gasteiger partial charge in [-0.1, -0.05) is 36.0 Å². The van der Waals surface area contributed by atoms with Gasteiger partial charge in [-0.25, -0.2) is 0 Å². The Morgan fingerprint density at radius 1 is 1.35 bits per heavy atom. The van der Waals surface area contributed by atoms with Gasteiger partial charge >= 0.3 is 0 Å². The molecule has 1 heterocycles. The van der Waals surface area contributed by atoms with E-state index >= 15 is 0 Å². The Morgan fingerprint density at radius 3 is 2.71 bits per heavy atom. The van der Waals surface area contributed by atoms with Crippen LogP contribution in [0.1, 0.15) is 5.56 Å². The summed E-state index contributed by atoms with van der Waals surface area (Å²) >= 11 is 1.53. The third-order valence-electron chi connectivity index (χ3n) is 2.42. The van der Waals surface area contributed by atoms with Crippen molar-refractivity contribution >= 4 is 29.4 Å². The first kappa shape index (κ1) is 11.8. The smallest absolute Gasteiger partial charge is 0.258 e. The Bertz CT molecular complexity index is 463. The summed E-state index contributed by atoms with van der Waals surface area (Å²) in [5.41, 5.74) is 2.20. The van der Waals surface area contributed by atoms with Crippen LogP contribution in [0.5, 0.6) is 0 Å². The van der Waals surface area contributed by atoms with Crippen LogP contribution in [0.2, 0.25) is 0 Å². The van der Waals surface area contributed by atoms with Crippen LogP contribution in [0.15, 0.2) is 41.3 Å². The molecule has 17 heavy (non-hydrogen) atoms. The molecule has 2 N–H and O–H groups in total. The summed E-state index contributed by atoms with van der Waals surface area (Å²) in [6.45, 7) is 0. The lowest BCUT2D eigenvalue weighted by Crippen LogP contribution is -2.13. The normalized spacial score (nSPS) is 17.7. The molecule has 2 rings (SSSR count). The predicted molar refractivity (Wildman–Crippen MR) is 73.7 cm³/mol. The maximum Gasteiger partial charge on any atom is 0.258 e. The highest BCUT2D eigenvalue weighted by Crippen LogP contribution is 2.20. The Morgan fingerprint density at radius 2 is 2.12 bits per heavy atom. The number of nitrogens with one attached hydrogen (secondary N) is 2. The van der Waals surface area contributed by atoms with Gasteiger partial charge < -0.3 is 10.6 Å². The summed E-state index contributed by atoms with van der Waals surface area (Å²) in [6, 6.07) is 8.10. The number of hydrogen-bond acceptors (Lipinski definition) is 3. The number of thioether (sulfide) groups is 1.